The summed E-state index contributed by atoms with van der Waals surface area (Å²) in [5.41, 5.74) is 10.2. The first-order valence-electron chi connectivity index (χ1n) is 7.30. The average molecular weight is 281 g/mol. The Hall–Kier alpha value is -2.29. The predicted molar refractivity (Wildman–Crippen MR) is 83.1 cm³/mol. The summed E-state index contributed by atoms with van der Waals surface area (Å²) >= 11 is 0. The maximum Gasteiger partial charge on any atom is 0.340 e. The lowest BCUT2D eigenvalue weighted by atomic mass is 9.89. The summed E-state index contributed by atoms with van der Waals surface area (Å²) in [5.74, 6) is -0.335. The lowest BCUT2D eigenvalue weighted by Gasteiger charge is -2.25. The average Bonchev–Trinajstić information content (AvgIpc) is 2.50. The van der Waals surface area contributed by atoms with E-state index in [1.165, 1.54) is 5.56 Å². The third-order valence-electron chi connectivity index (χ3n) is 4.11. The van der Waals surface area contributed by atoms with Crippen LogP contribution in [0.5, 0.6) is 0 Å². The van der Waals surface area contributed by atoms with E-state index in [1.807, 2.05) is 37.3 Å². The Labute approximate surface area is 124 Å². The number of fused-ring (bicyclic) bond motifs is 1. The molecule has 0 bridgehead atoms. The fraction of sp³-hybridized carbons (Fsp3) is 0.278. The highest BCUT2D eigenvalue weighted by Crippen LogP contribution is 2.33. The lowest BCUT2D eigenvalue weighted by Crippen LogP contribution is -2.18. The number of anilines is 1. The topological polar surface area (TPSA) is 52.3 Å². The molecule has 3 nitrogen and oxygen atoms in total. The number of nitrogens with two attached hydrogens (primary N) is 1. The number of para-hydroxylation sites is 1. The molecule has 0 amide bonds. The van der Waals surface area contributed by atoms with Gasteiger partial charge in [0, 0.05) is 5.69 Å². The fourth-order valence-corrected chi connectivity index (χ4v) is 2.88. The van der Waals surface area contributed by atoms with Crippen LogP contribution in [0.1, 0.15) is 46.0 Å². The Morgan fingerprint density at radius 3 is 2.86 bits per heavy atom. The molecular formula is C18H19NO2. The van der Waals surface area contributed by atoms with Gasteiger partial charge in [-0.3, -0.25) is 0 Å². The minimum Gasteiger partial charge on any atom is -0.454 e. The third kappa shape index (κ3) is 2.64. The number of benzene rings is 2. The fourth-order valence-electron chi connectivity index (χ4n) is 2.88. The summed E-state index contributed by atoms with van der Waals surface area (Å²) in [6.45, 7) is 1.89. The molecule has 0 radical (unpaired) electrons. The molecule has 0 fully saturated rings. The summed E-state index contributed by atoms with van der Waals surface area (Å²) in [4.78, 5) is 12.4. The first-order chi connectivity index (χ1) is 10.2. The zero-order chi connectivity index (χ0) is 14.8. The molecule has 2 N–H and O–H groups in total. The van der Waals surface area contributed by atoms with Crippen LogP contribution in [0.3, 0.4) is 0 Å². The van der Waals surface area contributed by atoms with Crippen LogP contribution < -0.4 is 5.73 Å². The second kappa shape index (κ2) is 5.60. The molecule has 0 saturated heterocycles. The number of ether oxygens (including phenoxy) is 1. The molecule has 1 aliphatic carbocycles. The van der Waals surface area contributed by atoms with Gasteiger partial charge in [0.15, 0.2) is 0 Å². The van der Waals surface area contributed by atoms with E-state index in [2.05, 4.69) is 6.07 Å². The van der Waals surface area contributed by atoms with Crippen molar-refractivity contribution in [2.75, 3.05) is 5.73 Å². The molecular weight excluding hydrogens is 262 g/mol. The zero-order valence-electron chi connectivity index (χ0n) is 12.1. The zero-order valence-corrected chi connectivity index (χ0v) is 12.1. The molecule has 1 atom stereocenters. The number of esters is 1. The summed E-state index contributed by atoms with van der Waals surface area (Å²) in [5, 5.41) is 0. The number of aryl methyl sites for hydroxylation is 2. The first-order valence-corrected chi connectivity index (χ1v) is 7.30. The van der Waals surface area contributed by atoms with E-state index in [1.54, 1.807) is 6.07 Å². The molecule has 0 aliphatic heterocycles. The minimum atomic E-state index is -0.335. The van der Waals surface area contributed by atoms with Gasteiger partial charge >= 0.3 is 5.97 Å². The number of nitrogen functional groups attached to an aromatic ring is 1. The Kier molecular flexibility index (Phi) is 3.65. The standard InChI is InChI=1S/C18H19NO2/c1-12-6-4-10-15(17(12)19)18(20)21-16-11-5-8-13-7-2-3-9-14(13)16/h2-4,6-7,9-10,16H,5,8,11,19H2,1H3. The number of carbonyl (C=O) groups excluding carboxylic acids is 1. The molecule has 1 aliphatic rings. The summed E-state index contributed by atoms with van der Waals surface area (Å²) in [6.07, 6.45) is 2.80. The van der Waals surface area contributed by atoms with Gasteiger partial charge in [-0.2, -0.15) is 0 Å². The lowest BCUT2D eigenvalue weighted by molar-refractivity contribution is 0.0257. The van der Waals surface area contributed by atoms with Gasteiger partial charge in [-0.05, 0) is 48.9 Å². The van der Waals surface area contributed by atoms with Crippen molar-refractivity contribution in [2.24, 2.45) is 0 Å². The van der Waals surface area contributed by atoms with Gasteiger partial charge in [0.05, 0.1) is 5.56 Å². The highest BCUT2D eigenvalue weighted by atomic mass is 16.5. The maximum atomic E-state index is 12.4. The van der Waals surface area contributed by atoms with Crippen molar-refractivity contribution < 1.29 is 9.53 Å². The summed E-state index contributed by atoms with van der Waals surface area (Å²) < 4.78 is 5.72. The van der Waals surface area contributed by atoms with E-state index in [0.717, 1.165) is 30.4 Å². The van der Waals surface area contributed by atoms with Crippen molar-refractivity contribution >= 4 is 11.7 Å². The molecule has 3 rings (SSSR count). The molecule has 1 unspecified atom stereocenters. The molecule has 21 heavy (non-hydrogen) atoms. The molecule has 0 heterocycles. The third-order valence-corrected chi connectivity index (χ3v) is 4.11. The maximum absolute atomic E-state index is 12.4. The second-order valence-electron chi connectivity index (χ2n) is 5.52. The van der Waals surface area contributed by atoms with Crippen molar-refractivity contribution in [2.45, 2.75) is 32.3 Å². The Balaban J connectivity index is 1.85. The van der Waals surface area contributed by atoms with Crippen LogP contribution in [0.25, 0.3) is 0 Å². The molecule has 3 heteroatoms. The number of carbonyl (C=O) groups is 1. The Bertz CT molecular complexity index is 679. The van der Waals surface area contributed by atoms with E-state index >= 15 is 0 Å². The quantitative estimate of drug-likeness (QED) is 0.672. The van der Waals surface area contributed by atoms with Crippen LogP contribution >= 0.6 is 0 Å². The predicted octanol–water partition coefficient (Wildman–Crippen LogP) is 3.81. The molecule has 2 aromatic carbocycles. The number of hydrogen-bond acceptors (Lipinski definition) is 3. The van der Waals surface area contributed by atoms with Crippen LogP contribution in [0.15, 0.2) is 42.5 Å². The Morgan fingerprint density at radius 2 is 2.00 bits per heavy atom. The normalized spacial score (nSPS) is 17.1. The van der Waals surface area contributed by atoms with Gasteiger partial charge < -0.3 is 10.5 Å². The van der Waals surface area contributed by atoms with E-state index in [-0.39, 0.29) is 12.1 Å². The van der Waals surface area contributed by atoms with Crippen LogP contribution in [0.4, 0.5) is 5.69 Å². The Morgan fingerprint density at radius 1 is 1.19 bits per heavy atom. The highest BCUT2D eigenvalue weighted by molar-refractivity contribution is 5.95. The second-order valence-corrected chi connectivity index (χ2v) is 5.52. The molecule has 0 saturated carbocycles. The van der Waals surface area contributed by atoms with Gasteiger partial charge in [0.25, 0.3) is 0 Å². The van der Waals surface area contributed by atoms with E-state index in [9.17, 15) is 4.79 Å². The minimum absolute atomic E-state index is 0.164. The van der Waals surface area contributed by atoms with Crippen LogP contribution in [-0.4, -0.2) is 5.97 Å². The smallest absolute Gasteiger partial charge is 0.340 e. The highest BCUT2D eigenvalue weighted by Gasteiger charge is 2.24. The van der Waals surface area contributed by atoms with Gasteiger partial charge in [0.1, 0.15) is 6.10 Å². The molecule has 0 spiro atoms. The number of hydrogen-bond donors (Lipinski definition) is 1. The van der Waals surface area contributed by atoms with Crippen molar-refractivity contribution in [1.82, 2.24) is 0 Å². The van der Waals surface area contributed by atoms with Gasteiger partial charge in [0.2, 0.25) is 0 Å². The summed E-state index contributed by atoms with van der Waals surface area (Å²) in [7, 11) is 0. The molecule has 2 aromatic rings. The van der Waals surface area contributed by atoms with Gasteiger partial charge in [-0.15, -0.1) is 0 Å². The van der Waals surface area contributed by atoms with E-state index < -0.39 is 0 Å². The van der Waals surface area contributed by atoms with E-state index in [0.29, 0.717) is 11.3 Å². The van der Waals surface area contributed by atoms with Crippen molar-refractivity contribution in [3.05, 3.63) is 64.7 Å². The van der Waals surface area contributed by atoms with Crippen LogP contribution in [-0.2, 0) is 11.2 Å². The van der Waals surface area contributed by atoms with E-state index in [4.69, 9.17) is 10.5 Å². The SMILES string of the molecule is Cc1cccc(C(=O)OC2CCCc3ccccc32)c1N. The molecule has 108 valence electrons. The van der Waals surface area contributed by atoms with Gasteiger partial charge in [-0.25, -0.2) is 4.79 Å². The van der Waals surface area contributed by atoms with Crippen LogP contribution in [0.2, 0.25) is 0 Å². The van der Waals surface area contributed by atoms with Crippen molar-refractivity contribution in [1.29, 1.82) is 0 Å². The summed E-state index contributed by atoms with van der Waals surface area (Å²) in [6, 6.07) is 13.6. The van der Waals surface area contributed by atoms with Crippen molar-refractivity contribution in [3.63, 3.8) is 0 Å². The van der Waals surface area contributed by atoms with Crippen molar-refractivity contribution in [3.8, 4) is 0 Å². The largest absolute Gasteiger partial charge is 0.454 e. The first kappa shape index (κ1) is 13.7. The number of rotatable bonds is 2. The van der Waals surface area contributed by atoms with Crippen LogP contribution in [0, 0.1) is 6.92 Å². The van der Waals surface area contributed by atoms with Gasteiger partial charge in [-0.1, -0.05) is 36.4 Å². The molecule has 0 aromatic heterocycles. The monoisotopic (exact) mass is 281 g/mol.